The van der Waals surface area contributed by atoms with E-state index >= 15 is 0 Å². The molecule has 7 heteroatoms. The van der Waals surface area contributed by atoms with E-state index in [1.807, 2.05) is 62.4 Å². The number of amides is 2. The molecule has 0 N–H and O–H groups in total. The van der Waals surface area contributed by atoms with Crippen LogP contribution in [0.5, 0.6) is 5.75 Å². The number of carbonyl (C=O) groups is 3. The van der Waals surface area contributed by atoms with E-state index in [0.29, 0.717) is 17.0 Å². The minimum atomic E-state index is -0.760. The number of rotatable bonds is 8. The summed E-state index contributed by atoms with van der Waals surface area (Å²) in [4.78, 5) is 41.7. The summed E-state index contributed by atoms with van der Waals surface area (Å²) in [6.45, 7) is 5.24. The molecule has 2 aromatic rings. The lowest BCUT2D eigenvalue weighted by Crippen LogP contribution is -2.56. The highest BCUT2D eigenvalue weighted by molar-refractivity contribution is 5.99. The number of hydrogen-bond acceptors (Lipinski definition) is 5. The van der Waals surface area contributed by atoms with Gasteiger partial charge in [0.25, 0.3) is 11.8 Å². The van der Waals surface area contributed by atoms with Crippen LogP contribution < -0.4 is 4.74 Å². The Balaban J connectivity index is 1.95. The van der Waals surface area contributed by atoms with Gasteiger partial charge in [0.1, 0.15) is 18.3 Å². The zero-order chi connectivity index (χ0) is 23.1. The van der Waals surface area contributed by atoms with Gasteiger partial charge in [0.15, 0.2) is 6.61 Å². The highest BCUT2D eigenvalue weighted by atomic mass is 16.5. The molecule has 168 valence electrons. The van der Waals surface area contributed by atoms with Gasteiger partial charge in [-0.25, -0.2) is 0 Å². The van der Waals surface area contributed by atoms with Gasteiger partial charge in [-0.05, 0) is 30.5 Å². The van der Waals surface area contributed by atoms with Gasteiger partial charge in [0, 0.05) is 6.20 Å². The van der Waals surface area contributed by atoms with E-state index < -0.39 is 12.0 Å². The van der Waals surface area contributed by atoms with Gasteiger partial charge >= 0.3 is 5.97 Å². The minimum Gasteiger partial charge on any atom is -0.484 e. The lowest BCUT2D eigenvalue weighted by atomic mass is 9.97. The molecule has 0 radical (unpaired) electrons. The van der Waals surface area contributed by atoms with Gasteiger partial charge in [0.05, 0.1) is 12.3 Å². The largest absolute Gasteiger partial charge is 0.484 e. The Labute approximate surface area is 188 Å². The molecule has 1 unspecified atom stereocenters. The molecule has 0 aromatic heterocycles. The molecule has 0 fully saturated rings. The summed E-state index contributed by atoms with van der Waals surface area (Å²) in [5, 5.41) is 0. The van der Waals surface area contributed by atoms with E-state index in [1.54, 1.807) is 25.3 Å². The van der Waals surface area contributed by atoms with Crippen LogP contribution in [0.1, 0.15) is 26.3 Å². The van der Waals surface area contributed by atoms with E-state index in [0.717, 1.165) is 0 Å². The maximum absolute atomic E-state index is 13.5. The second-order valence-corrected chi connectivity index (χ2v) is 7.70. The number of esters is 1. The fourth-order valence-electron chi connectivity index (χ4n) is 3.59. The number of ether oxygens (including phenoxy) is 2. The van der Waals surface area contributed by atoms with Crippen molar-refractivity contribution in [3.05, 3.63) is 72.4 Å². The molecule has 0 aliphatic carbocycles. The minimum absolute atomic E-state index is 0.179. The summed E-state index contributed by atoms with van der Waals surface area (Å²) < 4.78 is 10.7. The summed E-state index contributed by atoms with van der Waals surface area (Å²) in [6.07, 6.45) is 1.64. The van der Waals surface area contributed by atoms with Crippen LogP contribution in [-0.2, 0) is 19.1 Å². The second-order valence-electron chi connectivity index (χ2n) is 7.70. The Morgan fingerprint density at radius 1 is 1.00 bits per heavy atom. The lowest BCUT2D eigenvalue weighted by Gasteiger charge is -2.40. The van der Waals surface area contributed by atoms with Gasteiger partial charge in [-0.15, -0.1) is 0 Å². The highest BCUT2D eigenvalue weighted by Gasteiger charge is 2.41. The molecule has 7 nitrogen and oxygen atoms in total. The average Bonchev–Trinajstić information content (AvgIpc) is 2.79. The first kappa shape index (κ1) is 23.1. The van der Waals surface area contributed by atoms with Crippen LogP contribution in [0.25, 0.3) is 5.70 Å². The summed E-state index contributed by atoms with van der Waals surface area (Å²) in [7, 11) is 0. The predicted molar refractivity (Wildman–Crippen MR) is 120 cm³/mol. The van der Waals surface area contributed by atoms with Gasteiger partial charge in [-0.2, -0.15) is 0 Å². The third-order valence-corrected chi connectivity index (χ3v) is 5.06. The Kier molecular flexibility index (Phi) is 7.65. The van der Waals surface area contributed by atoms with Crippen LogP contribution in [0.2, 0.25) is 0 Å². The molecule has 32 heavy (non-hydrogen) atoms. The first-order chi connectivity index (χ1) is 15.4. The quantitative estimate of drug-likeness (QED) is 0.594. The van der Waals surface area contributed by atoms with Crippen molar-refractivity contribution in [1.29, 1.82) is 0 Å². The number of hydrogen-bond donors (Lipinski definition) is 0. The normalized spacial score (nSPS) is 16.1. The number of carbonyl (C=O) groups excluding carboxylic acids is 3. The predicted octanol–water partition coefficient (Wildman–Crippen LogP) is 3.32. The SMILES string of the molecule is CCOC(=O)CN1C(=O)C(C(C)C)N(C(=O)COc2ccccc2)C=C1c1ccccc1. The van der Waals surface area contributed by atoms with Gasteiger partial charge in [0.2, 0.25) is 0 Å². The third-order valence-electron chi connectivity index (χ3n) is 5.06. The summed E-state index contributed by atoms with van der Waals surface area (Å²) >= 11 is 0. The summed E-state index contributed by atoms with van der Waals surface area (Å²) in [5.41, 5.74) is 1.18. The second kappa shape index (κ2) is 10.6. The molecule has 0 bridgehead atoms. The Hall–Kier alpha value is -3.61. The molecule has 3 rings (SSSR count). The third kappa shape index (κ3) is 5.35. The van der Waals surface area contributed by atoms with Crippen molar-refractivity contribution in [3.63, 3.8) is 0 Å². The molecule has 0 spiro atoms. The molecular weight excluding hydrogens is 408 g/mol. The maximum Gasteiger partial charge on any atom is 0.326 e. The van der Waals surface area contributed by atoms with Crippen LogP contribution in [-0.4, -0.2) is 53.4 Å². The van der Waals surface area contributed by atoms with E-state index in [4.69, 9.17) is 9.47 Å². The van der Waals surface area contributed by atoms with E-state index in [1.165, 1.54) is 9.80 Å². The summed E-state index contributed by atoms with van der Waals surface area (Å²) in [5.74, 6) is -0.784. The van der Waals surface area contributed by atoms with E-state index in [2.05, 4.69) is 0 Å². The zero-order valence-corrected chi connectivity index (χ0v) is 18.6. The highest BCUT2D eigenvalue weighted by Crippen LogP contribution is 2.30. The van der Waals surface area contributed by atoms with Gasteiger partial charge in [-0.1, -0.05) is 62.4 Å². The molecule has 2 amide bonds. The fourth-order valence-corrected chi connectivity index (χ4v) is 3.59. The average molecular weight is 437 g/mol. The van der Waals surface area contributed by atoms with Crippen LogP contribution in [0.3, 0.4) is 0 Å². The molecule has 1 atom stereocenters. The van der Waals surface area contributed by atoms with Crippen molar-refractivity contribution in [2.45, 2.75) is 26.8 Å². The fraction of sp³-hybridized carbons (Fsp3) is 0.320. The van der Waals surface area contributed by atoms with Crippen molar-refractivity contribution < 1.29 is 23.9 Å². The van der Waals surface area contributed by atoms with Crippen molar-refractivity contribution in [1.82, 2.24) is 9.80 Å². The van der Waals surface area contributed by atoms with E-state index in [9.17, 15) is 14.4 Å². The standard InChI is InChI=1S/C25H28N2O5/c1-4-31-23(29)16-26-21(19-11-7-5-8-12-19)15-27(24(18(2)3)25(26)30)22(28)17-32-20-13-9-6-10-14-20/h5-15,18,24H,4,16-17H2,1-3H3. The van der Waals surface area contributed by atoms with Gasteiger partial charge < -0.3 is 14.4 Å². The molecule has 0 saturated carbocycles. The lowest BCUT2D eigenvalue weighted by molar-refractivity contribution is -0.151. The van der Waals surface area contributed by atoms with Crippen molar-refractivity contribution in [3.8, 4) is 5.75 Å². The van der Waals surface area contributed by atoms with Crippen LogP contribution in [0.15, 0.2) is 66.9 Å². The van der Waals surface area contributed by atoms with Crippen molar-refractivity contribution in [2.75, 3.05) is 19.8 Å². The number of para-hydroxylation sites is 1. The molecular formula is C25H28N2O5. The molecule has 2 aromatic carbocycles. The summed E-state index contributed by atoms with van der Waals surface area (Å²) in [6, 6.07) is 17.5. The van der Waals surface area contributed by atoms with Crippen LogP contribution in [0, 0.1) is 5.92 Å². The first-order valence-electron chi connectivity index (χ1n) is 10.7. The Morgan fingerprint density at radius 3 is 2.22 bits per heavy atom. The zero-order valence-electron chi connectivity index (χ0n) is 18.6. The van der Waals surface area contributed by atoms with Crippen LogP contribution in [0.4, 0.5) is 0 Å². The van der Waals surface area contributed by atoms with Crippen LogP contribution >= 0.6 is 0 Å². The molecule has 0 saturated heterocycles. The molecule has 1 aliphatic heterocycles. The molecule has 1 heterocycles. The topological polar surface area (TPSA) is 76.2 Å². The smallest absolute Gasteiger partial charge is 0.326 e. The van der Waals surface area contributed by atoms with E-state index in [-0.39, 0.29) is 37.5 Å². The number of nitrogens with zero attached hydrogens (tertiary/aromatic N) is 2. The van der Waals surface area contributed by atoms with Crippen molar-refractivity contribution in [2.24, 2.45) is 5.92 Å². The molecule has 1 aliphatic rings. The van der Waals surface area contributed by atoms with Crippen molar-refractivity contribution >= 4 is 23.5 Å². The Morgan fingerprint density at radius 2 is 1.62 bits per heavy atom. The Bertz CT molecular complexity index is 972. The maximum atomic E-state index is 13.5. The number of benzene rings is 2. The van der Waals surface area contributed by atoms with Gasteiger partial charge in [-0.3, -0.25) is 19.3 Å². The monoisotopic (exact) mass is 436 g/mol. The first-order valence-corrected chi connectivity index (χ1v) is 10.7.